The monoisotopic (exact) mass is 196 g/mol. The molecule has 2 nitrogen and oxygen atoms in total. The SMILES string of the molecule is CCc1csc(NC2(C)CCC2)n1. The zero-order chi connectivity index (χ0) is 9.31. The van der Waals surface area contributed by atoms with Gasteiger partial charge in [-0.2, -0.15) is 0 Å². The number of nitrogens with zero attached hydrogens (tertiary/aromatic N) is 1. The van der Waals surface area contributed by atoms with Crippen molar-refractivity contribution in [2.45, 2.75) is 45.1 Å². The first-order valence-electron chi connectivity index (χ1n) is 4.94. The van der Waals surface area contributed by atoms with Crippen LogP contribution >= 0.6 is 11.3 Å². The van der Waals surface area contributed by atoms with Crippen molar-refractivity contribution in [2.75, 3.05) is 5.32 Å². The number of aryl methyl sites for hydroxylation is 1. The minimum Gasteiger partial charge on any atom is -0.356 e. The van der Waals surface area contributed by atoms with E-state index in [0.717, 1.165) is 11.6 Å². The zero-order valence-electron chi connectivity index (χ0n) is 8.26. The van der Waals surface area contributed by atoms with Crippen LogP contribution in [0.15, 0.2) is 5.38 Å². The summed E-state index contributed by atoms with van der Waals surface area (Å²) in [5, 5.41) is 6.76. The topological polar surface area (TPSA) is 24.9 Å². The number of nitrogens with one attached hydrogen (secondary N) is 1. The lowest BCUT2D eigenvalue weighted by Gasteiger charge is -2.39. The zero-order valence-corrected chi connectivity index (χ0v) is 9.08. The molecule has 1 saturated carbocycles. The lowest BCUT2D eigenvalue weighted by molar-refractivity contribution is 0.306. The second-order valence-electron chi connectivity index (χ2n) is 4.04. The van der Waals surface area contributed by atoms with E-state index in [4.69, 9.17) is 0 Å². The molecule has 0 bridgehead atoms. The van der Waals surface area contributed by atoms with Gasteiger partial charge in [-0.25, -0.2) is 4.98 Å². The van der Waals surface area contributed by atoms with Gasteiger partial charge in [0.05, 0.1) is 5.69 Å². The van der Waals surface area contributed by atoms with Crippen molar-refractivity contribution in [2.24, 2.45) is 0 Å². The highest BCUT2D eigenvalue weighted by Gasteiger charge is 2.32. The minimum atomic E-state index is 0.336. The van der Waals surface area contributed by atoms with Crippen LogP contribution in [0.25, 0.3) is 0 Å². The number of anilines is 1. The molecule has 1 aromatic rings. The van der Waals surface area contributed by atoms with Crippen LogP contribution in [0.5, 0.6) is 0 Å². The molecular weight excluding hydrogens is 180 g/mol. The molecule has 72 valence electrons. The van der Waals surface area contributed by atoms with Gasteiger partial charge in [0.1, 0.15) is 0 Å². The lowest BCUT2D eigenvalue weighted by Crippen LogP contribution is -2.41. The molecule has 2 rings (SSSR count). The van der Waals surface area contributed by atoms with Gasteiger partial charge in [0, 0.05) is 10.9 Å². The molecule has 0 unspecified atom stereocenters. The Morgan fingerprint density at radius 1 is 1.62 bits per heavy atom. The summed E-state index contributed by atoms with van der Waals surface area (Å²) in [6.45, 7) is 4.42. The van der Waals surface area contributed by atoms with Gasteiger partial charge in [-0.1, -0.05) is 6.92 Å². The maximum Gasteiger partial charge on any atom is 0.183 e. The first kappa shape index (κ1) is 9.00. The first-order chi connectivity index (χ1) is 6.22. The van der Waals surface area contributed by atoms with Crippen LogP contribution in [0.2, 0.25) is 0 Å². The molecule has 0 radical (unpaired) electrons. The number of hydrogen-bond acceptors (Lipinski definition) is 3. The third-order valence-electron chi connectivity index (χ3n) is 2.78. The van der Waals surface area contributed by atoms with Crippen LogP contribution in [0.3, 0.4) is 0 Å². The summed E-state index contributed by atoms with van der Waals surface area (Å²) in [7, 11) is 0. The van der Waals surface area contributed by atoms with E-state index in [1.54, 1.807) is 11.3 Å². The highest BCUT2D eigenvalue weighted by atomic mass is 32.1. The Bertz CT molecular complexity index is 289. The van der Waals surface area contributed by atoms with Crippen molar-refractivity contribution in [3.63, 3.8) is 0 Å². The molecular formula is C10H16N2S. The molecule has 1 aliphatic carbocycles. The van der Waals surface area contributed by atoms with Gasteiger partial charge in [-0.05, 0) is 32.6 Å². The fourth-order valence-corrected chi connectivity index (χ4v) is 2.56. The van der Waals surface area contributed by atoms with Crippen molar-refractivity contribution in [3.05, 3.63) is 11.1 Å². The third kappa shape index (κ3) is 1.85. The summed E-state index contributed by atoms with van der Waals surface area (Å²) in [5.74, 6) is 0. The van der Waals surface area contributed by atoms with E-state index in [1.807, 2.05) is 0 Å². The van der Waals surface area contributed by atoms with Crippen LogP contribution in [-0.2, 0) is 6.42 Å². The highest BCUT2D eigenvalue weighted by Crippen LogP contribution is 2.35. The molecule has 1 heterocycles. The van der Waals surface area contributed by atoms with Gasteiger partial charge >= 0.3 is 0 Å². The van der Waals surface area contributed by atoms with Gasteiger partial charge in [0.2, 0.25) is 0 Å². The van der Waals surface area contributed by atoms with E-state index < -0.39 is 0 Å². The molecule has 1 aromatic heterocycles. The molecule has 0 saturated heterocycles. The fraction of sp³-hybridized carbons (Fsp3) is 0.700. The van der Waals surface area contributed by atoms with Crippen LogP contribution in [0.1, 0.15) is 38.8 Å². The van der Waals surface area contributed by atoms with E-state index in [-0.39, 0.29) is 0 Å². The Hall–Kier alpha value is -0.570. The third-order valence-corrected chi connectivity index (χ3v) is 3.59. The molecule has 0 aromatic carbocycles. The maximum absolute atomic E-state index is 4.50. The van der Waals surface area contributed by atoms with Crippen molar-refractivity contribution in [3.8, 4) is 0 Å². The van der Waals surface area contributed by atoms with Gasteiger partial charge in [0.25, 0.3) is 0 Å². The molecule has 1 fully saturated rings. The Morgan fingerprint density at radius 3 is 2.85 bits per heavy atom. The van der Waals surface area contributed by atoms with Crippen LogP contribution in [0, 0.1) is 0 Å². The van der Waals surface area contributed by atoms with E-state index in [2.05, 4.69) is 29.5 Å². The van der Waals surface area contributed by atoms with Crippen molar-refractivity contribution in [1.82, 2.24) is 4.98 Å². The number of hydrogen-bond donors (Lipinski definition) is 1. The predicted octanol–water partition coefficient (Wildman–Crippen LogP) is 3.06. The average molecular weight is 196 g/mol. The Balaban J connectivity index is 2.01. The molecule has 1 N–H and O–H groups in total. The van der Waals surface area contributed by atoms with Crippen molar-refractivity contribution < 1.29 is 0 Å². The largest absolute Gasteiger partial charge is 0.356 e. The molecule has 3 heteroatoms. The molecule has 0 aliphatic heterocycles. The Kier molecular flexibility index (Phi) is 2.28. The summed E-state index contributed by atoms with van der Waals surface area (Å²) >= 11 is 1.73. The summed E-state index contributed by atoms with van der Waals surface area (Å²) < 4.78 is 0. The van der Waals surface area contributed by atoms with Gasteiger partial charge in [-0.3, -0.25) is 0 Å². The molecule has 1 aliphatic rings. The summed E-state index contributed by atoms with van der Waals surface area (Å²) in [5.41, 5.74) is 1.54. The summed E-state index contributed by atoms with van der Waals surface area (Å²) in [6, 6.07) is 0. The Morgan fingerprint density at radius 2 is 2.38 bits per heavy atom. The number of thiazole rings is 1. The second-order valence-corrected chi connectivity index (χ2v) is 4.89. The number of rotatable bonds is 3. The van der Waals surface area contributed by atoms with E-state index in [0.29, 0.717) is 5.54 Å². The normalized spacial score (nSPS) is 19.5. The van der Waals surface area contributed by atoms with Crippen molar-refractivity contribution in [1.29, 1.82) is 0 Å². The number of aromatic nitrogens is 1. The van der Waals surface area contributed by atoms with E-state index >= 15 is 0 Å². The van der Waals surface area contributed by atoms with Crippen LogP contribution in [-0.4, -0.2) is 10.5 Å². The van der Waals surface area contributed by atoms with Gasteiger partial charge in [-0.15, -0.1) is 11.3 Å². The van der Waals surface area contributed by atoms with Crippen LogP contribution < -0.4 is 5.32 Å². The molecule has 0 amide bonds. The quantitative estimate of drug-likeness (QED) is 0.803. The smallest absolute Gasteiger partial charge is 0.183 e. The minimum absolute atomic E-state index is 0.336. The fourth-order valence-electron chi connectivity index (χ4n) is 1.62. The molecule has 0 spiro atoms. The van der Waals surface area contributed by atoms with Crippen LogP contribution in [0.4, 0.5) is 5.13 Å². The molecule has 13 heavy (non-hydrogen) atoms. The summed E-state index contributed by atoms with van der Waals surface area (Å²) in [4.78, 5) is 4.50. The average Bonchev–Trinajstić information content (AvgIpc) is 2.49. The Labute approximate surface area is 83.4 Å². The maximum atomic E-state index is 4.50. The van der Waals surface area contributed by atoms with Gasteiger partial charge < -0.3 is 5.32 Å². The molecule has 0 atom stereocenters. The van der Waals surface area contributed by atoms with Crippen molar-refractivity contribution >= 4 is 16.5 Å². The standard InChI is InChI=1S/C10H16N2S/c1-3-8-7-13-9(11-8)12-10(2)5-4-6-10/h7H,3-6H2,1-2H3,(H,11,12). The first-order valence-corrected chi connectivity index (χ1v) is 5.82. The predicted molar refractivity (Wildman–Crippen MR) is 57.4 cm³/mol. The summed E-state index contributed by atoms with van der Waals surface area (Å²) in [6.07, 6.45) is 4.96. The van der Waals surface area contributed by atoms with E-state index in [1.165, 1.54) is 25.0 Å². The highest BCUT2D eigenvalue weighted by molar-refractivity contribution is 7.13. The second kappa shape index (κ2) is 3.29. The lowest BCUT2D eigenvalue weighted by atomic mass is 9.79. The van der Waals surface area contributed by atoms with Gasteiger partial charge in [0.15, 0.2) is 5.13 Å². The van der Waals surface area contributed by atoms with E-state index in [9.17, 15) is 0 Å².